The third-order valence-electron chi connectivity index (χ3n) is 3.95. The van der Waals surface area contributed by atoms with Gasteiger partial charge in [0.25, 0.3) is 0 Å². The van der Waals surface area contributed by atoms with Crippen molar-refractivity contribution in [1.29, 1.82) is 5.26 Å². The van der Waals surface area contributed by atoms with E-state index in [1.165, 1.54) is 6.26 Å². The molecule has 2 heterocycles. The lowest BCUT2D eigenvalue weighted by atomic mass is 10.1. The Morgan fingerprint density at radius 1 is 1.04 bits per heavy atom. The van der Waals surface area contributed by atoms with Crippen LogP contribution < -0.4 is 10.5 Å². The van der Waals surface area contributed by atoms with E-state index in [2.05, 4.69) is 22.1 Å². The number of fused-ring (bicyclic) bond motifs is 1. The van der Waals surface area contributed by atoms with Crippen LogP contribution in [0.3, 0.4) is 0 Å². The lowest BCUT2D eigenvalue weighted by Crippen LogP contribution is -2.05. The van der Waals surface area contributed by atoms with E-state index in [0.29, 0.717) is 11.5 Å². The summed E-state index contributed by atoms with van der Waals surface area (Å²) < 4.78 is 11.1. The molecule has 0 aliphatic carbocycles. The van der Waals surface area contributed by atoms with E-state index in [0.717, 1.165) is 16.3 Å². The molecular weight excluding hydrogens is 328 g/mol. The minimum absolute atomic E-state index is 0.0175. The Hall–Kier alpha value is -3.85. The summed E-state index contributed by atoms with van der Waals surface area (Å²) in [5.74, 6) is 0.592. The van der Waals surface area contributed by atoms with Crippen LogP contribution >= 0.6 is 0 Å². The van der Waals surface area contributed by atoms with Crippen LogP contribution in [0.5, 0.6) is 5.88 Å². The molecule has 126 valence electrons. The number of nitriles is 1. The van der Waals surface area contributed by atoms with Gasteiger partial charge in [-0.2, -0.15) is 10.2 Å². The standard InChI is InChI=1S/C20H14N4O2/c21-11-16-18(17-6-3-9-25-17)23-20(22)24-19(16)26-12-13-7-8-14-4-1-2-5-15(14)10-13/h1-10H,12H2,(H2,22,23,24). The maximum absolute atomic E-state index is 9.54. The summed E-state index contributed by atoms with van der Waals surface area (Å²) in [4.78, 5) is 8.19. The smallest absolute Gasteiger partial charge is 0.237 e. The van der Waals surface area contributed by atoms with Gasteiger partial charge in [-0.05, 0) is 34.5 Å². The highest BCUT2D eigenvalue weighted by Crippen LogP contribution is 2.29. The van der Waals surface area contributed by atoms with E-state index in [-0.39, 0.29) is 24.0 Å². The van der Waals surface area contributed by atoms with E-state index in [1.807, 2.05) is 36.4 Å². The summed E-state index contributed by atoms with van der Waals surface area (Å²) in [6.45, 7) is 0.258. The number of nitrogens with two attached hydrogens (primary N) is 1. The van der Waals surface area contributed by atoms with Gasteiger partial charge in [0.05, 0.1) is 6.26 Å². The fourth-order valence-corrected chi connectivity index (χ4v) is 2.73. The number of nitrogen functional groups attached to an aromatic ring is 1. The predicted octanol–water partition coefficient (Wildman–Crippen LogP) is 3.92. The molecule has 0 aliphatic rings. The second-order valence-electron chi connectivity index (χ2n) is 5.67. The second kappa shape index (κ2) is 6.57. The minimum Gasteiger partial charge on any atom is -0.472 e. The summed E-state index contributed by atoms with van der Waals surface area (Å²) in [5.41, 5.74) is 7.25. The SMILES string of the molecule is N#Cc1c(OCc2ccc3ccccc3c2)nc(N)nc1-c1ccco1. The van der Waals surface area contributed by atoms with Gasteiger partial charge in [0.2, 0.25) is 11.8 Å². The number of nitrogens with zero attached hydrogens (tertiary/aromatic N) is 3. The van der Waals surface area contributed by atoms with Crippen molar-refractivity contribution in [1.82, 2.24) is 9.97 Å². The molecule has 0 saturated carbocycles. The summed E-state index contributed by atoms with van der Waals surface area (Å²) >= 11 is 0. The van der Waals surface area contributed by atoms with Crippen molar-refractivity contribution in [2.24, 2.45) is 0 Å². The van der Waals surface area contributed by atoms with Gasteiger partial charge in [0.1, 0.15) is 23.9 Å². The number of aromatic nitrogens is 2. The Kier molecular flexibility index (Phi) is 3.96. The monoisotopic (exact) mass is 342 g/mol. The molecule has 4 rings (SSSR count). The van der Waals surface area contributed by atoms with Gasteiger partial charge in [-0.1, -0.05) is 36.4 Å². The van der Waals surface area contributed by atoms with Crippen LogP contribution in [0.4, 0.5) is 5.95 Å². The van der Waals surface area contributed by atoms with Crippen molar-refractivity contribution < 1.29 is 9.15 Å². The van der Waals surface area contributed by atoms with Gasteiger partial charge in [-0.3, -0.25) is 0 Å². The number of hydrogen-bond donors (Lipinski definition) is 1. The first-order chi connectivity index (χ1) is 12.7. The number of anilines is 1. The molecule has 2 N–H and O–H groups in total. The first-order valence-corrected chi connectivity index (χ1v) is 7.96. The van der Waals surface area contributed by atoms with Gasteiger partial charge in [0, 0.05) is 0 Å². The zero-order valence-corrected chi connectivity index (χ0v) is 13.7. The first-order valence-electron chi connectivity index (χ1n) is 7.96. The van der Waals surface area contributed by atoms with Crippen LogP contribution in [0, 0.1) is 11.3 Å². The molecule has 0 fully saturated rings. The number of rotatable bonds is 4. The molecule has 0 spiro atoms. The number of hydrogen-bond acceptors (Lipinski definition) is 6. The number of benzene rings is 2. The fourth-order valence-electron chi connectivity index (χ4n) is 2.73. The van der Waals surface area contributed by atoms with Gasteiger partial charge >= 0.3 is 0 Å². The fraction of sp³-hybridized carbons (Fsp3) is 0.0500. The Morgan fingerprint density at radius 2 is 1.88 bits per heavy atom. The lowest BCUT2D eigenvalue weighted by molar-refractivity contribution is 0.293. The van der Waals surface area contributed by atoms with Crippen LogP contribution in [-0.4, -0.2) is 9.97 Å². The average molecular weight is 342 g/mol. The molecule has 0 aliphatic heterocycles. The molecule has 0 atom stereocenters. The second-order valence-corrected chi connectivity index (χ2v) is 5.67. The third kappa shape index (κ3) is 2.94. The van der Waals surface area contributed by atoms with Crippen molar-refractivity contribution in [3.8, 4) is 23.4 Å². The van der Waals surface area contributed by atoms with Gasteiger partial charge in [-0.15, -0.1) is 0 Å². The molecule has 0 bridgehead atoms. The van der Waals surface area contributed by atoms with E-state index >= 15 is 0 Å². The summed E-state index contributed by atoms with van der Waals surface area (Å²) in [5, 5.41) is 11.8. The first kappa shape index (κ1) is 15.7. The van der Waals surface area contributed by atoms with E-state index in [4.69, 9.17) is 14.9 Å². The molecule has 4 aromatic rings. The predicted molar refractivity (Wildman–Crippen MR) is 97.1 cm³/mol. The molecule has 0 radical (unpaired) electrons. The summed E-state index contributed by atoms with van der Waals surface area (Å²) in [7, 11) is 0. The lowest BCUT2D eigenvalue weighted by Gasteiger charge is -2.10. The van der Waals surface area contributed by atoms with Gasteiger partial charge < -0.3 is 14.9 Å². The third-order valence-corrected chi connectivity index (χ3v) is 3.95. The zero-order valence-electron chi connectivity index (χ0n) is 13.7. The zero-order chi connectivity index (χ0) is 17.9. The summed E-state index contributed by atoms with van der Waals surface area (Å²) in [6, 6.07) is 19.6. The maximum atomic E-state index is 9.54. The van der Waals surface area contributed by atoms with Crippen LogP contribution in [-0.2, 0) is 6.61 Å². The number of ether oxygens (including phenoxy) is 1. The average Bonchev–Trinajstić information content (AvgIpc) is 3.20. The maximum Gasteiger partial charge on any atom is 0.237 e. The van der Waals surface area contributed by atoms with E-state index in [9.17, 15) is 5.26 Å². The molecule has 2 aromatic carbocycles. The van der Waals surface area contributed by atoms with Crippen molar-refractivity contribution in [3.63, 3.8) is 0 Å². The molecular formula is C20H14N4O2. The van der Waals surface area contributed by atoms with Crippen LogP contribution in [0.25, 0.3) is 22.2 Å². The van der Waals surface area contributed by atoms with Crippen LogP contribution in [0.15, 0.2) is 65.3 Å². The van der Waals surface area contributed by atoms with Crippen LogP contribution in [0.1, 0.15) is 11.1 Å². The Balaban J connectivity index is 1.66. The topological polar surface area (TPSA) is 98.0 Å². The minimum atomic E-state index is 0.0175. The quantitative estimate of drug-likeness (QED) is 0.603. The molecule has 2 aromatic heterocycles. The van der Waals surface area contributed by atoms with Crippen molar-refractivity contribution >= 4 is 16.7 Å². The molecule has 0 unspecified atom stereocenters. The van der Waals surface area contributed by atoms with Gasteiger partial charge in [0.15, 0.2) is 5.76 Å². The Labute approximate surface area is 149 Å². The van der Waals surface area contributed by atoms with E-state index in [1.54, 1.807) is 12.1 Å². The number of furan rings is 1. The van der Waals surface area contributed by atoms with Crippen molar-refractivity contribution in [2.45, 2.75) is 6.61 Å². The van der Waals surface area contributed by atoms with Crippen molar-refractivity contribution in [3.05, 3.63) is 72.0 Å². The van der Waals surface area contributed by atoms with Crippen molar-refractivity contribution in [2.75, 3.05) is 5.73 Å². The Bertz CT molecular complexity index is 1110. The molecule has 0 amide bonds. The van der Waals surface area contributed by atoms with Crippen LogP contribution in [0.2, 0.25) is 0 Å². The molecule has 6 nitrogen and oxygen atoms in total. The molecule has 0 saturated heterocycles. The molecule has 6 heteroatoms. The highest BCUT2D eigenvalue weighted by molar-refractivity contribution is 5.83. The highest BCUT2D eigenvalue weighted by atomic mass is 16.5. The Morgan fingerprint density at radius 3 is 2.65 bits per heavy atom. The largest absolute Gasteiger partial charge is 0.472 e. The normalized spacial score (nSPS) is 10.6. The van der Waals surface area contributed by atoms with Gasteiger partial charge in [-0.25, -0.2) is 4.98 Å². The highest BCUT2D eigenvalue weighted by Gasteiger charge is 2.18. The summed E-state index contributed by atoms with van der Waals surface area (Å²) in [6.07, 6.45) is 1.50. The molecule has 26 heavy (non-hydrogen) atoms. The van der Waals surface area contributed by atoms with E-state index < -0.39 is 0 Å².